The monoisotopic (exact) mass is 547 g/mol. The molecule has 5 rings (SSSR count). The second kappa shape index (κ2) is 11.1. The summed E-state index contributed by atoms with van der Waals surface area (Å²) >= 11 is 1.32. The summed E-state index contributed by atoms with van der Waals surface area (Å²) in [6.45, 7) is 5.18. The third-order valence-electron chi connectivity index (χ3n) is 6.44. The van der Waals surface area contributed by atoms with Crippen molar-refractivity contribution < 1.29 is 17.9 Å². The Morgan fingerprint density at radius 1 is 0.921 bits per heavy atom. The van der Waals surface area contributed by atoms with Crippen molar-refractivity contribution >= 4 is 32.4 Å². The maximum absolute atomic E-state index is 13.1. The van der Waals surface area contributed by atoms with Crippen molar-refractivity contribution in [3.63, 3.8) is 0 Å². The minimum absolute atomic E-state index is 0.201. The number of thiazole rings is 1. The van der Waals surface area contributed by atoms with Gasteiger partial charge in [-0.15, -0.1) is 11.3 Å². The lowest BCUT2D eigenvalue weighted by atomic mass is 9.94. The molecule has 0 radical (unpaired) electrons. The predicted octanol–water partition coefficient (Wildman–Crippen LogP) is 6.52. The Labute approximate surface area is 227 Å². The molecule has 0 unspecified atom stereocenters. The minimum atomic E-state index is -3.60. The zero-order chi connectivity index (χ0) is 26.7. The molecule has 0 bridgehead atoms. The maximum Gasteiger partial charge on any atom is 0.257 e. The highest BCUT2D eigenvalue weighted by atomic mass is 32.2. The highest BCUT2D eigenvalue weighted by Gasteiger charge is 2.31. The predicted molar refractivity (Wildman–Crippen MR) is 150 cm³/mol. The van der Waals surface area contributed by atoms with E-state index < -0.39 is 10.0 Å². The van der Waals surface area contributed by atoms with Crippen LogP contribution in [0.5, 0.6) is 11.5 Å². The lowest BCUT2D eigenvalue weighted by Gasteiger charge is -2.34. The third-order valence-corrected chi connectivity index (χ3v) is 9.05. The highest BCUT2D eigenvalue weighted by Crippen LogP contribution is 2.29. The van der Waals surface area contributed by atoms with Crippen molar-refractivity contribution in [3.05, 3.63) is 89.8 Å². The van der Waals surface area contributed by atoms with Crippen LogP contribution in [-0.4, -0.2) is 36.7 Å². The van der Waals surface area contributed by atoms with E-state index in [9.17, 15) is 13.2 Å². The number of rotatable bonds is 7. The van der Waals surface area contributed by atoms with Gasteiger partial charge in [-0.05, 0) is 78.9 Å². The van der Waals surface area contributed by atoms with Gasteiger partial charge in [0.15, 0.2) is 5.13 Å². The lowest BCUT2D eigenvalue weighted by molar-refractivity contribution is 0.102. The Kier molecular flexibility index (Phi) is 7.60. The van der Waals surface area contributed by atoms with Crippen molar-refractivity contribution in [2.45, 2.75) is 25.2 Å². The van der Waals surface area contributed by atoms with Gasteiger partial charge in [0.05, 0.1) is 10.6 Å². The quantitative estimate of drug-likeness (QED) is 0.285. The summed E-state index contributed by atoms with van der Waals surface area (Å²) < 4.78 is 33.6. The molecule has 7 nitrogen and oxygen atoms in total. The van der Waals surface area contributed by atoms with Crippen molar-refractivity contribution in [2.24, 2.45) is 11.8 Å². The molecule has 1 aromatic heterocycles. The molecule has 9 heteroatoms. The third kappa shape index (κ3) is 5.96. The Morgan fingerprint density at radius 3 is 2.21 bits per heavy atom. The fraction of sp³-hybridized carbons (Fsp3) is 0.241. The van der Waals surface area contributed by atoms with Gasteiger partial charge in [-0.3, -0.25) is 10.1 Å². The average Bonchev–Trinajstić information content (AvgIpc) is 3.37. The van der Waals surface area contributed by atoms with Crippen LogP contribution >= 0.6 is 11.3 Å². The number of nitrogens with zero attached hydrogens (tertiary/aromatic N) is 2. The maximum atomic E-state index is 13.1. The van der Waals surface area contributed by atoms with Crippen molar-refractivity contribution in [3.8, 4) is 22.8 Å². The molecule has 0 saturated carbocycles. The van der Waals surface area contributed by atoms with Gasteiger partial charge < -0.3 is 4.74 Å². The number of benzene rings is 3. The number of aromatic nitrogens is 1. The van der Waals surface area contributed by atoms with Gasteiger partial charge in [-0.25, -0.2) is 13.4 Å². The van der Waals surface area contributed by atoms with E-state index >= 15 is 0 Å². The van der Waals surface area contributed by atoms with Crippen LogP contribution in [0.4, 0.5) is 5.13 Å². The van der Waals surface area contributed by atoms with Crippen LogP contribution in [0.2, 0.25) is 0 Å². The van der Waals surface area contributed by atoms with Crippen LogP contribution in [0.25, 0.3) is 11.3 Å². The molecule has 1 aliphatic heterocycles. The smallest absolute Gasteiger partial charge is 0.257 e. The van der Waals surface area contributed by atoms with Crippen LogP contribution in [0.1, 0.15) is 30.6 Å². The number of amides is 1. The summed E-state index contributed by atoms with van der Waals surface area (Å²) in [7, 11) is -3.60. The highest BCUT2D eigenvalue weighted by molar-refractivity contribution is 7.89. The van der Waals surface area contributed by atoms with Crippen LogP contribution in [0, 0.1) is 11.8 Å². The molecular weight excluding hydrogens is 518 g/mol. The number of anilines is 1. The molecule has 2 heterocycles. The van der Waals surface area contributed by atoms with Crippen molar-refractivity contribution in [1.82, 2.24) is 9.29 Å². The van der Waals surface area contributed by atoms with Crippen LogP contribution in [-0.2, 0) is 10.0 Å². The molecule has 1 saturated heterocycles. The number of para-hydroxylation sites is 1. The molecule has 3 aromatic carbocycles. The first kappa shape index (κ1) is 26.1. The number of carbonyl (C=O) groups excluding carboxylic acids is 1. The standard InChI is InChI=1S/C29H29N3O4S2/c1-20-16-21(2)18-32(17-20)38(34,35)26-14-10-23(11-15-26)28(33)31-29-30-27(19-37-29)22-8-12-25(13-9-22)36-24-6-4-3-5-7-24/h3-15,19-21H,16-18H2,1-2H3,(H,30,31,33)/t20-,21-/m0/s1. The first-order valence-electron chi connectivity index (χ1n) is 12.5. The fourth-order valence-corrected chi connectivity index (χ4v) is 7.08. The number of piperidine rings is 1. The number of hydrogen-bond donors (Lipinski definition) is 1. The second-order valence-electron chi connectivity index (χ2n) is 9.72. The average molecular weight is 548 g/mol. The van der Waals surface area contributed by atoms with Crippen molar-refractivity contribution in [1.29, 1.82) is 0 Å². The van der Waals surface area contributed by atoms with Gasteiger partial charge in [0.1, 0.15) is 11.5 Å². The van der Waals surface area contributed by atoms with Crippen LogP contribution in [0.3, 0.4) is 0 Å². The lowest BCUT2D eigenvalue weighted by Crippen LogP contribution is -2.42. The molecule has 1 fully saturated rings. The Hall–Kier alpha value is -3.53. The summed E-state index contributed by atoms with van der Waals surface area (Å²) in [6.07, 6.45) is 1.03. The van der Waals surface area contributed by atoms with Gasteiger partial charge in [-0.2, -0.15) is 4.31 Å². The van der Waals surface area contributed by atoms with E-state index in [4.69, 9.17) is 4.74 Å². The van der Waals surface area contributed by atoms with Gasteiger partial charge in [0.2, 0.25) is 10.0 Å². The zero-order valence-corrected chi connectivity index (χ0v) is 22.8. The Balaban J connectivity index is 1.22. The summed E-state index contributed by atoms with van der Waals surface area (Å²) in [5.74, 6) is 1.78. The molecule has 1 aliphatic rings. The number of ether oxygens (including phenoxy) is 1. The number of nitrogens with one attached hydrogen (secondary N) is 1. The summed E-state index contributed by atoms with van der Waals surface area (Å²) in [6, 6.07) is 23.2. The molecule has 38 heavy (non-hydrogen) atoms. The summed E-state index contributed by atoms with van der Waals surface area (Å²) in [5, 5.41) is 5.14. The van der Waals surface area contributed by atoms with E-state index in [1.165, 1.54) is 23.5 Å². The normalized spacial score (nSPS) is 18.2. The van der Waals surface area contributed by atoms with E-state index in [2.05, 4.69) is 24.1 Å². The van der Waals surface area contributed by atoms with Crippen LogP contribution in [0.15, 0.2) is 89.1 Å². The first-order chi connectivity index (χ1) is 18.3. The largest absolute Gasteiger partial charge is 0.457 e. The molecular formula is C29H29N3O4S2. The van der Waals surface area contributed by atoms with Crippen LogP contribution < -0.4 is 10.1 Å². The molecule has 4 aromatic rings. The molecule has 0 aliphatic carbocycles. The molecule has 196 valence electrons. The SMILES string of the molecule is C[C@H]1C[C@H](C)CN(S(=O)(=O)c2ccc(C(=O)Nc3nc(-c4ccc(Oc5ccccc5)cc4)cs3)cc2)C1. The number of sulfonamides is 1. The molecule has 1 amide bonds. The number of carbonyl (C=O) groups is 1. The molecule has 0 spiro atoms. The minimum Gasteiger partial charge on any atom is -0.457 e. The first-order valence-corrected chi connectivity index (χ1v) is 14.8. The summed E-state index contributed by atoms with van der Waals surface area (Å²) in [4.78, 5) is 17.5. The second-order valence-corrected chi connectivity index (χ2v) is 12.5. The molecule has 2 atom stereocenters. The van der Waals surface area contributed by atoms with Gasteiger partial charge in [-0.1, -0.05) is 32.0 Å². The number of hydrogen-bond acceptors (Lipinski definition) is 6. The molecule has 1 N–H and O–H groups in total. The zero-order valence-electron chi connectivity index (χ0n) is 21.2. The van der Waals surface area contributed by atoms with E-state index in [-0.39, 0.29) is 10.8 Å². The Morgan fingerprint density at radius 2 is 1.55 bits per heavy atom. The van der Waals surface area contributed by atoms with Gasteiger partial charge in [0.25, 0.3) is 5.91 Å². The van der Waals surface area contributed by atoms with E-state index in [0.717, 1.165) is 29.2 Å². The van der Waals surface area contributed by atoms with E-state index in [1.54, 1.807) is 16.4 Å². The summed E-state index contributed by atoms with van der Waals surface area (Å²) in [5.41, 5.74) is 2.00. The Bertz CT molecular complexity index is 1490. The van der Waals surface area contributed by atoms with E-state index in [0.29, 0.717) is 35.6 Å². The van der Waals surface area contributed by atoms with E-state index in [1.807, 2.05) is 60.0 Å². The fourth-order valence-electron chi connectivity index (χ4n) is 4.68. The van der Waals surface area contributed by atoms with Gasteiger partial charge >= 0.3 is 0 Å². The topological polar surface area (TPSA) is 88.6 Å². The van der Waals surface area contributed by atoms with Gasteiger partial charge in [0, 0.05) is 29.6 Å². The van der Waals surface area contributed by atoms with Crippen molar-refractivity contribution in [2.75, 3.05) is 18.4 Å².